The highest BCUT2D eigenvalue weighted by molar-refractivity contribution is 6.30. The first kappa shape index (κ1) is 18.7. The van der Waals surface area contributed by atoms with Crippen LogP contribution < -0.4 is 16.2 Å². The van der Waals surface area contributed by atoms with Crippen molar-refractivity contribution in [2.75, 3.05) is 17.2 Å². The average Bonchev–Trinajstić information content (AvgIpc) is 3.32. The van der Waals surface area contributed by atoms with Gasteiger partial charge in [-0.3, -0.25) is 4.79 Å². The van der Waals surface area contributed by atoms with Crippen molar-refractivity contribution in [2.45, 2.75) is 19.5 Å². The Bertz CT molecular complexity index is 1340. The van der Waals surface area contributed by atoms with Crippen LogP contribution in [0.1, 0.15) is 23.0 Å². The van der Waals surface area contributed by atoms with Gasteiger partial charge in [0.15, 0.2) is 11.6 Å². The Balaban J connectivity index is 1.54. The number of fused-ring (bicyclic) bond motifs is 2. The number of hydrogen-bond donors (Lipinski definition) is 3. The number of halogens is 2. The third-order valence-electron chi connectivity index (χ3n) is 5.59. The van der Waals surface area contributed by atoms with Gasteiger partial charge in [0.05, 0.1) is 12.6 Å². The summed E-state index contributed by atoms with van der Waals surface area (Å²) in [6.07, 6.45) is 3.63. The summed E-state index contributed by atoms with van der Waals surface area (Å²) >= 11 is 5.89. The summed E-state index contributed by atoms with van der Waals surface area (Å²) in [6, 6.07) is 6.51. The Hall–Kier alpha value is -3.26. The largest absolute Gasteiger partial charge is 0.365 e. The van der Waals surface area contributed by atoms with E-state index >= 15 is 0 Å². The van der Waals surface area contributed by atoms with E-state index in [0.717, 1.165) is 28.4 Å². The SMILES string of the molecule is Cc1nc2c(n1Cc1ccc(Cl)cc1F)NC(c1cn(C)c(=O)c3[nH]ccc13)CN2. The van der Waals surface area contributed by atoms with Gasteiger partial charge in [-0.25, -0.2) is 9.37 Å². The first-order valence-corrected chi connectivity index (χ1v) is 9.98. The lowest BCUT2D eigenvalue weighted by Gasteiger charge is -2.28. The molecule has 0 aliphatic carbocycles. The lowest BCUT2D eigenvalue weighted by atomic mass is 10.0. The van der Waals surface area contributed by atoms with Gasteiger partial charge in [0, 0.05) is 47.5 Å². The highest BCUT2D eigenvalue weighted by Crippen LogP contribution is 2.34. The van der Waals surface area contributed by atoms with Gasteiger partial charge in [0.1, 0.15) is 17.2 Å². The van der Waals surface area contributed by atoms with Gasteiger partial charge in [-0.1, -0.05) is 17.7 Å². The second-order valence-corrected chi connectivity index (χ2v) is 7.96. The summed E-state index contributed by atoms with van der Waals surface area (Å²) in [6.45, 7) is 2.82. The van der Waals surface area contributed by atoms with Crippen LogP contribution in [0.4, 0.5) is 16.0 Å². The number of aromatic amines is 1. The molecule has 0 amide bonds. The van der Waals surface area contributed by atoms with Crippen molar-refractivity contribution < 1.29 is 4.39 Å². The van der Waals surface area contributed by atoms with E-state index in [0.29, 0.717) is 29.2 Å². The minimum Gasteiger partial charge on any atom is -0.365 e. The van der Waals surface area contributed by atoms with E-state index in [1.807, 2.05) is 23.8 Å². The summed E-state index contributed by atoms with van der Waals surface area (Å²) < 4.78 is 17.9. The molecule has 0 bridgehead atoms. The topological polar surface area (TPSA) is 79.7 Å². The van der Waals surface area contributed by atoms with Crippen LogP contribution in [0, 0.1) is 12.7 Å². The molecule has 0 radical (unpaired) electrons. The van der Waals surface area contributed by atoms with E-state index < -0.39 is 0 Å². The zero-order chi connectivity index (χ0) is 21.0. The van der Waals surface area contributed by atoms with E-state index in [1.54, 1.807) is 29.9 Å². The highest BCUT2D eigenvalue weighted by Gasteiger charge is 2.27. The second kappa shape index (κ2) is 6.91. The van der Waals surface area contributed by atoms with Crippen molar-refractivity contribution in [1.29, 1.82) is 0 Å². The summed E-state index contributed by atoms with van der Waals surface area (Å²) in [5.41, 5.74) is 2.04. The Morgan fingerprint density at radius 1 is 1.33 bits per heavy atom. The van der Waals surface area contributed by atoms with E-state index in [1.165, 1.54) is 6.07 Å². The van der Waals surface area contributed by atoms with Crippen LogP contribution in [0.2, 0.25) is 5.02 Å². The van der Waals surface area contributed by atoms with Gasteiger partial charge in [0.2, 0.25) is 0 Å². The van der Waals surface area contributed by atoms with Crippen LogP contribution in [0.25, 0.3) is 10.9 Å². The number of anilines is 2. The van der Waals surface area contributed by atoms with Crippen molar-refractivity contribution in [1.82, 2.24) is 19.1 Å². The summed E-state index contributed by atoms with van der Waals surface area (Å²) in [5, 5.41) is 8.16. The van der Waals surface area contributed by atoms with Crippen molar-refractivity contribution in [3.8, 4) is 0 Å². The van der Waals surface area contributed by atoms with Gasteiger partial charge >= 0.3 is 0 Å². The third-order valence-corrected chi connectivity index (χ3v) is 5.82. The van der Waals surface area contributed by atoms with Crippen LogP contribution >= 0.6 is 11.6 Å². The number of aromatic nitrogens is 4. The second-order valence-electron chi connectivity index (χ2n) is 7.52. The molecule has 0 spiro atoms. The van der Waals surface area contributed by atoms with E-state index in [-0.39, 0.29) is 17.4 Å². The first-order chi connectivity index (χ1) is 14.4. The molecule has 0 saturated heterocycles. The molecule has 0 fully saturated rings. The first-order valence-electron chi connectivity index (χ1n) is 9.60. The predicted molar refractivity (Wildman–Crippen MR) is 116 cm³/mol. The molecular weight excluding hydrogens is 407 g/mol. The van der Waals surface area contributed by atoms with Crippen LogP contribution in [0.5, 0.6) is 0 Å². The number of rotatable bonds is 3. The molecule has 1 aliphatic rings. The Labute approximate surface area is 176 Å². The summed E-state index contributed by atoms with van der Waals surface area (Å²) in [4.78, 5) is 20.0. The number of nitrogens with one attached hydrogen (secondary N) is 3. The number of pyridine rings is 1. The van der Waals surface area contributed by atoms with Gasteiger partial charge in [-0.05, 0) is 25.1 Å². The van der Waals surface area contributed by atoms with Gasteiger partial charge in [-0.2, -0.15) is 0 Å². The molecule has 4 aromatic rings. The zero-order valence-electron chi connectivity index (χ0n) is 16.5. The molecule has 3 N–H and O–H groups in total. The van der Waals surface area contributed by atoms with Crippen LogP contribution in [-0.4, -0.2) is 25.6 Å². The van der Waals surface area contributed by atoms with Crippen LogP contribution in [-0.2, 0) is 13.6 Å². The lowest BCUT2D eigenvalue weighted by Crippen LogP contribution is -2.29. The van der Waals surface area contributed by atoms with Crippen molar-refractivity contribution in [3.05, 3.63) is 74.8 Å². The van der Waals surface area contributed by atoms with Crippen LogP contribution in [0.15, 0.2) is 41.5 Å². The minimum atomic E-state index is -0.350. The van der Waals surface area contributed by atoms with E-state index in [2.05, 4.69) is 20.6 Å². The summed E-state index contributed by atoms with van der Waals surface area (Å²) in [7, 11) is 1.74. The van der Waals surface area contributed by atoms with Crippen molar-refractivity contribution >= 4 is 34.1 Å². The monoisotopic (exact) mass is 426 g/mol. The van der Waals surface area contributed by atoms with E-state index in [9.17, 15) is 9.18 Å². The Kier molecular flexibility index (Phi) is 4.32. The van der Waals surface area contributed by atoms with Crippen molar-refractivity contribution in [3.63, 3.8) is 0 Å². The average molecular weight is 427 g/mol. The zero-order valence-corrected chi connectivity index (χ0v) is 17.2. The molecule has 1 aromatic carbocycles. The highest BCUT2D eigenvalue weighted by atomic mass is 35.5. The molecule has 1 unspecified atom stereocenters. The molecular formula is C21H20ClFN6O. The fourth-order valence-electron chi connectivity index (χ4n) is 4.03. The maximum atomic E-state index is 14.4. The van der Waals surface area contributed by atoms with Crippen LogP contribution in [0.3, 0.4) is 0 Å². The Morgan fingerprint density at radius 3 is 2.97 bits per heavy atom. The van der Waals surface area contributed by atoms with Gasteiger partial charge in [0.25, 0.3) is 5.56 Å². The van der Waals surface area contributed by atoms with Gasteiger partial charge < -0.3 is 24.8 Å². The number of benzene rings is 1. The number of H-pyrrole nitrogens is 1. The molecule has 30 heavy (non-hydrogen) atoms. The van der Waals surface area contributed by atoms with E-state index in [4.69, 9.17) is 11.6 Å². The third kappa shape index (κ3) is 2.95. The fourth-order valence-corrected chi connectivity index (χ4v) is 4.19. The predicted octanol–water partition coefficient (Wildman–Crippen LogP) is 3.79. The Morgan fingerprint density at radius 2 is 2.17 bits per heavy atom. The smallest absolute Gasteiger partial charge is 0.274 e. The van der Waals surface area contributed by atoms with Crippen molar-refractivity contribution in [2.24, 2.45) is 7.05 Å². The lowest BCUT2D eigenvalue weighted by molar-refractivity contribution is 0.597. The minimum absolute atomic E-state index is 0.0673. The molecule has 0 saturated carbocycles. The molecule has 1 atom stereocenters. The molecule has 5 rings (SSSR count). The quantitative estimate of drug-likeness (QED) is 0.465. The maximum absolute atomic E-state index is 14.4. The molecule has 4 heterocycles. The molecule has 1 aliphatic heterocycles. The normalized spacial score (nSPS) is 15.7. The standard InChI is InChI=1S/C21H20ClFN6O/c1-11-26-19-20(29(11)9-12-3-4-13(22)7-16(12)23)27-17(8-25-19)15-10-28(2)21(30)18-14(15)5-6-24-18/h3-7,10,17,24-25,27H,8-9H2,1-2H3. The number of aryl methyl sites for hydroxylation is 2. The number of imidazole rings is 1. The molecule has 9 heteroatoms. The fraction of sp³-hybridized carbons (Fsp3) is 0.238. The number of hydrogen-bond acceptors (Lipinski definition) is 4. The molecule has 3 aromatic heterocycles. The molecule has 154 valence electrons. The van der Waals surface area contributed by atoms with Gasteiger partial charge in [-0.15, -0.1) is 0 Å². The maximum Gasteiger partial charge on any atom is 0.274 e. The number of nitrogens with zero attached hydrogens (tertiary/aromatic N) is 3. The molecule has 7 nitrogen and oxygen atoms in total. The summed E-state index contributed by atoms with van der Waals surface area (Å²) in [5.74, 6) is 1.93.